The van der Waals surface area contributed by atoms with E-state index < -0.39 is 0 Å². The first-order valence-corrected chi connectivity index (χ1v) is 7.58. The van der Waals surface area contributed by atoms with Gasteiger partial charge in [0.15, 0.2) is 0 Å². The molecule has 2 rings (SSSR count). The fourth-order valence-corrected chi connectivity index (χ4v) is 3.43. The first-order chi connectivity index (χ1) is 8.74. The normalized spacial score (nSPS) is 28.0. The van der Waals surface area contributed by atoms with Gasteiger partial charge in [0.2, 0.25) is 0 Å². The van der Waals surface area contributed by atoms with E-state index in [1.807, 2.05) is 0 Å². The summed E-state index contributed by atoms with van der Waals surface area (Å²) in [6.45, 7) is 6.26. The number of rotatable bonds is 7. The van der Waals surface area contributed by atoms with Crippen molar-refractivity contribution >= 4 is 0 Å². The second-order valence-electron chi connectivity index (χ2n) is 6.28. The van der Waals surface area contributed by atoms with E-state index in [4.69, 9.17) is 9.47 Å². The van der Waals surface area contributed by atoms with Gasteiger partial charge < -0.3 is 14.8 Å². The SMILES string of the molecule is COCCNCC(C)CC1CCOC2(CCC2)C1. The van der Waals surface area contributed by atoms with Gasteiger partial charge in [-0.15, -0.1) is 0 Å². The molecular formula is C15H29NO2. The fourth-order valence-electron chi connectivity index (χ4n) is 3.43. The molecule has 1 N–H and O–H groups in total. The average molecular weight is 255 g/mol. The van der Waals surface area contributed by atoms with Crippen LogP contribution < -0.4 is 5.32 Å². The molecule has 0 aromatic carbocycles. The first-order valence-electron chi connectivity index (χ1n) is 7.58. The molecule has 2 atom stereocenters. The molecule has 0 aromatic heterocycles. The van der Waals surface area contributed by atoms with Gasteiger partial charge in [0, 0.05) is 20.3 Å². The van der Waals surface area contributed by atoms with Crippen LogP contribution in [0.1, 0.15) is 45.4 Å². The maximum Gasteiger partial charge on any atom is 0.0685 e. The summed E-state index contributed by atoms with van der Waals surface area (Å²) in [6, 6.07) is 0. The Kier molecular flexibility index (Phi) is 5.46. The highest BCUT2D eigenvalue weighted by Crippen LogP contribution is 2.45. The molecule has 1 aliphatic carbocycles. The molecule has 18 heavy (non-hydrogen) atoms. The minimum absolute atomic E-state index is 0.312. The smallest absolute Gasteiger partial charge is 0.0685 e. The van der Waals surface area contributed by atoms with Gasteiger partial charge in [-0.05, 0) is 56.9 Å². The van der Waals surface area contributed by atoms with Crippen LogP contribution >= 0.6 is 0 Å². The summed E-state index contributed by atoms with van der Waals surface area (Å²) < 4.78 is 11.0. The lowest BCUT2D eigenvalue weighted by Crippen LogP contribution is -2.45. The first kappa shape index (κ1) is 14.3. The van der Waals surface area contributed by atoms with E-state index in [1.165, 1.54) is 38.5 Å². The predicted molar refractivity (Wildman–Crippen MR) is 73.8 cm³/mol. The molecule has 1 aliphatic heterocycles. The molecule has 3 heteroatoms. The summed E-state index contributed by atoms with van der Waals surface area (Å²) in [5.74, 6) is 1.65. The Hall–Kier alpha value is -0.120. The molecule has 3 nitrogen and oxygen atoms in total. The predicted octanol–water partition coefficient (Wildman–Crippen LogP) is 2.60. The van der Waals surface area contributed by atoms with E-state index in [9.17, 15) is 0 Å². The molecule has 0 aromatic rings. The van der Waals surface area contributed by atoms with Crippen molar-refractivity contribution in [3.8, 4) is 0 Å². The van der Waals surface area contributed by atoms with Gasteiger partial charge in [0.05, 0.1) is 12.2 Å². The molecule has 2 fully saturated rings. The molecule has 1 spiro atoms. The Morgan fingerprint density at radius 3 is 2.94 bits per heavy atom. The molecule has 0 bridgehead atoms. The zero-order chi connectivity index (χ0) is 12.8. The van der Waals surface area contributed by atoms with E-state index >= 15 is 0 Å². The van der Waals surface area contributed by atoms with Gasteiger partial charge in [0.1, 0.15) is 0 Å². The summed E-state index contributed by atoms with van der Waals surface area (Å²) in [7, 11) is 1.76. The van der Waals surface area contributed by atoms with E-state index in [0.29, 0.717) is 5.60 Å². The van der Waals surface area contributed by atoms with Gasteiger partial charge in [-0.1, -0.05) is 6.92 Å². The van der Waals surface area contributed by atoms with Crippen LogP contribution in [-0.2, 0) is 9.47 Å². The van der Waals surface area contributed by atoms with Crippen molar-refractivity contribution < 1.29 is 9.47 Å². The number of ether oxygens (including phenoxy) is 2. The van der Waals surface area contributed by atoms with Gasteiger partial charge >= 0.3 is 0 Å². The largest absolute Gasteiger partial charge is 0.383 e. The highest BCUT2D eigenvalue weighted by molar-refractivity contribution is 4.94. The Balaban J connectivity index is 1.62. The van der Waals surface area contributed by atoms with Crippen LogP contribution in [0.25, 0.3) is 0 Å². The molecule has 1 heterocycles. The highest BCUT2D eigenvalue weighted by atomic mass is 16.5. The van der Waals surface area contributed by atoms with Crippen LogP contribution in [-0.4, -0.2) is 39.0 Å². The second kappa shape index (κ2) is 6.88. The lowest BCUT2D eigenvalue weighted by Gasteiger charge is -2.47. The molecule has 106 valence electrons. The Morgan fingerprint density at radius 1 is 1.44 bits per heavy atom. The third kappa shape index (κ3) is 3.94. The summed E-state index contributed by atoms with van der Waals surface area (Å²) >= 11 is 0. The summed E-state index contributed by atoms with van der Waals surface area (Å²) in [5, 5.41) is 3.47. The van der Waals surface area contributed by atoms with Crippen molar-refractivity contribution in [1.29, 1.82) is 0 Å². The molecule has 1 saturated carbocycles. The van der Waals surface area contributed by atoms with Gasteiger partial charge in [-0.2, -0.15) is 0 Å². The molecular weight excluding hydrogens is 226 g/mol. The van der Waals surface area contributed by atoms with Crippen LogP contribution in [0, 0.1) is 11.8 Å². The summed E-state index contributed by atoms with van der Waals surface area (Å²) in [4.78, 5) is 0. The van der Waals surface area contributed by atoms with Gasteiger partial charge in [-0.25, -0.2) is 0 Å². The van der Waals surface area contributed by atoms with Gasteiger partial charge in [0.25, 0.3) is 0 Å². The third-order valence-electron chi connectivity index (χ3n) is 4.57. The standard InChI is InChI=1S/C15H29NO2/c1-13(12-16-7-9-17-2)10-14-4-8-18-15(11-14)5-3-6-15/h13-14,16H,3-12H2,1-2H3. The maximum absolute atomic E-state index is 5.99. The highest BCUT2D eigenvalue weighted by Gasteiger charge is 2.42. The molecule has 0 radical (unpaired) electrons. The topological polar surface area (TPSA) is 30.5 Å². The van der Waals surface area contributed by atoms with Crippen LogP contribution in [0.15, 0.2) is 0 Å². The van der Waals surface area contributed by atoms with E-state index in [-0.39, 0.29) is 0 Å². The van der Waals surface area contributed by atoms with Crippen molar-refractivity contribution in [3.05, 3.63) is 0 Å². The quantitative estimate of drug-likeness (QED) is 0.709. The maximum atomic E-state index is 5.99. The van der Waals surface area contributed by atoms with E-state index in [1.54, 1.807) is 7.11 Å². The monoisotopic (exact) mass is 255 g/mol. The second-order valence-corrected chi connectivity index (χ2v) is 6.28. The minimum Gasteiger partial charge on any atom is -0.383 e. The zero-order valence-electron chi connectivity index (χ0n) is 12.0. The lowest BCUT2D eigenvalue weighted by atomic mass is 9.70. The number of nitrogens with one attached hydrogen (secondary N) is 1. The molecule has 0 amide bonds. The summed E-state index contributed by atoms with van der Waals surface area (Å²) in [6.07, 6.45) is 7.93. The van der Waals surface area contributed by atoms with E-state index in [2.05, 4.69) is 12.2 Å². The van der Waals surface area contributed by atoms with Crippen LogP contribution in [0.2, 0.25) is 0 Å². The number of methoxy groups -OCH3 is 1. The van der Waals surface area contributed by atoms with Crippen molar-refractivity contribution in [2.24, 2.45) is 11.8 Å². The van der Waals surface area contributed by atoms with E-state index in [0.717, 1.165) is 38.1 Å². The number of hydrogen-bond donors (Lipinski definition) is 1. The van der Waals surface area contributed by atoms with Crippen LogP contribution in [0.5, 0.6) is 0 Å². The van der Waals surface area contributed by atoms with Crippen molar-refractivity contribution in [1.82, 2.24) is 5.32 Å². The minimum atomic E-state index is 0.312. The Morgan fingerprint density at radius 2 is 2.28 bits per heavy atom. The Bertz CT molecular complexity index is 241. The third-order valence-corrected chi connectivity index (χ3v) is 4.57. The summed E-state index contributed by atoms with van der Waals surface area (Å²) in [5.41, 5.74) is 0.312. The van der Waals surface area contributed by atoms with Gasteiger partial charge in [-0.3, -0.25) is 0 Å². The van der Waals surface area contributed by atoms with Crippen LogP contribution in [0.4, 0.5) is 0 Å². The fraction of sp³-hybridized carbons (Fsp3) is 1.00. The van der Waals surface area contributed by atoms with Crippen molar-refractivity contribution in [3.63, 3.8) is 0 Å². The molecule has 2 aliphatic rings. The molecule has 2 unspecified atom stereocenters. The average Bonchev–Trinajstić information content (AvgIpc) is 2.33. The lowest BCUT2D eigenvalue weighted by molar-refractivity contribution is -0.145. The number of hydrogen-bond acceptors (Lipinski definition) is 3. The van der Waals surface area contributed by atoms with Crippen LogP contribution in [0.3, 0.4) is 0 Å². The zero-order valence-corrected chi connectivity index (χ0v) is 12.0. The van der Waals surface area contributed by atoms with Crippen molar-refractivity contribution in [2.75, 3.05) is 33.4 Å². The van der Waals surface area contributed by atoms with Crippen molar-refractivity contribution in [2.45, 2.75) is 51.0 Å². The Labute approximate surface area is 112 Å². The molecule has 1 saturated heterocycles.